The Morgan fingerprint density at radius 3 is 1.83 bits per heavy atom. The summed E-state index contributed by atoms with van der Waals surface area (Å²) in [4.78, 5) is 11.6. The molecule has 5 nitrogen and oxygen atoms in total. The van der Waals surface area contributed by atoms with Crippen LogP contribution < -0.4 is 0 Å². The van der Waals surface area contributed by atoms with Crippen molar-refractivity contribution in [2.24, 2.45) is 11.8 Å². The van der Waals surface area contributed by atoms with Gasteiger partial charge in [0.15, 0.2) is 0 Å². The van der Waals surface area contributed by atoms with Gasteiger partial charge in [-0.25, -0.2) is 0 Å². The third-order valence-corrected chi connectivity index (χ3v) is 5.16. The normalized spacial score (nSPS) is 23.3. The molecule has 0 saturated heterocycles. The van der Waals surface area contributed by atoms with Crippen molar-refractivity contribution in [3.8, 4) is 12.1 Å². The molecule has 0 heterocycles. The summed E-state index contributed by atoms with van der Waals surface area (Å²) in [7, 11) is 0. The van der Waals surface area contributed by atoms with Crippen LogP contribution in [0.2, 0.25) is 0 Å². The summed E-state index contributed by atoms with van der Waals surface area (Å²) >= 11 is 0. The van der Waals surface area contributed by atoms with Gasteiger partial charge in [0.2, 0.25) is 6.04 Å². The first-order valence-corrected chi connectivity index (χ1v) is 9.24. The molecule has 0 N–H and O–H groups in total. The van der Waals surface area contributed by atoms with Crippen LogP contribution in [0.4, 0.5) is 0 Å². The molecule has 0 spiro atoms. The lowest BCUT2D eigenvalue weighted by atomic mass is 9.70. The van der Waals surface area contributed by atoms with Gasteiger partial charge in [0, 0.05) is 16.8 Å². The number of unbranched alkanes of at least 4 members (excludes halogenated alkanes) is 4. The topological polar surface area (TPSA) is 90.7 Å². The Morgan fingerprint density at radius 1 is 1.04 bits per heavy atom. The van der Waals surface area contributed by atoms with Crippen molar-refractivity contribution in [2.45, 2.75) is 84.1 Å². The lowest BCUT2D eigenvalue weighted by molar-refractivity contribution is -0.544. The number of hydrogen-bond acceptors (Lipinski definition) is 4. The van der Waals surface area contributed by atoms with Crippen molar-refractivity contribution in [3.63, 3.8) is 0 Å². The molecule has 0 aromatic heterocycles. The monoisotopic (exact) mass is 331 g/mol. The minimum Gasteiger partial charge on any atom is -0.264 e. The van der Waals surface area contributed by atoms with E-state index in [1.165, 1.54) is 0 Å². The molecule has 0 amide bonds. The summed E-state index contributed by atoms with van der Waals surface area (Å²) in [5.74, 6) is -0.0859. The zero-order valence-corrected chi connectivity index (χ0v) is 15.0. The molecule has 132 valence electrons. The predicted molar refractivity (Wildman–Crippen MR) is 93.5 cm³/mol. The number of nitro groups is 1. The number of rotatable bonds is 9. The number of nitrogens with zero attached hydrogens (tertiary/aromatic N) is 3. The highest BCUT2D eigenvalue weighted by atomic mass is 16.6. The van der Waals surface area contributed by atoms with Crippen molar-refractivity contribution >= 4 is 0 Å². The van der Waals surface area contributed by atoms with E-state index < -0.39 is 6.04 Å². The first kappa shape index (κ1) is 20.2. The lowest BCUT2D eigenvalue weighted by Crippen LogP contribution is -2.40. The fraction of sp³-hybridized carbons (Fsp3) is 0.789. The van der Waals surface area contributed by atoms with E-state index in [-0.39, 0.29) is 22.3 Å². The number of nitriles is 2. The van der Waals surface area contributed by atoms with Crippen LogP contribution in [0.1, 0.15) is 78.1 Å². The molecule has 1 aliphatic rings. The van der Waals surface area contributed by atoms with Gasteiger partial charge in [-0.05, 0) is 31.3 Å². The highest BCUT2D eigenvalue weighted by Gasteiger charge is 2.43. The summed E-state index contributed by atoms with van der Waals surface area (Å²) in [6.07, 6.45) is 8.98. The van der Waals surface area contributed by atoms with Crippen LogP contribution in [0.25, 0.3) is 0 Å². The Kier molecular flexibility index (Phi) is 9.08. The van der Waals surface area contributed by atoms with E-state index in [2.05, 4.69) is 13.8 Å². The minimum atomic E-state index is -0.527. The Labute approximate surface area is 145 Å². The third-order valence-electron chi connectivity index (χ3n) is 5.16. The second kappa shape index (κ2) is 10.8. The number of hydrogen-bond donors (Lipinski definition) is 0. The Balaban J connectivity index is 3.02. The molecular formula is C19H29N3O2. The molecule has 0 aromatic carbocycles. The fourth-order valence-electron chi connectivity index (χ4n) is 3.93. The molecule has 2 unspecified atom stereocenters. The highest BCUT2D eigenvalue weighted by Crippen LogP contribution is 2.41. The summed E-state index contributed by atoms with van der Waals surface area (Å²) in [5.41, 5.74) is 1.03. The maximum atomic E-state index is 11.7. The zero-order valence-electron chi connectivity index (χ0n) is 15.0. The van der Waals surface area contributed by atoms with Crippen LogP contribution in [0.5, 0.6) is 0 Å². The van der Waals surface area contributed by atoms with Gasteiger partial charge in [-0.3, -0.25) is 10.1 Å². The predicted octanol–water partition coefficient (Wildman–Crippen LogP) is 5.16. The summed E-state index contributed by atoms with van der Waals surface area (Å²) in [5, 5.41) is 30.1. The maximum Gasteiger partial charge on any atom is 0.219 e. The molecule has 2 atom stereocenters. The highest BCUT2D eigenvalue weighted by molar-refractivity contribution is 5.41. The van der Waals surface area contributed by atoms with Crippen LogP contribution in [0, 0.1) is 44.6 Å². The van der Waals surface area contributed by atoms with Crippen molar-refractivity contribution in [2.75, 3.05) is 0 Å². The van der Waals surface area contributed by atoms with Crippen LogP contribution in [-0.2, 0) is 0 Å². The molecule has 1 fully saturated rings. The SMILES string of the molecule is CCCCCC1CC(=C(C#N)C#N)CC(CCCCC)C1[N+](=O)[O-]. The van der Waals surface area contributed by atoms with Gasteiger partial charge in [-0.1, -0.05) is 52.4 Å². The molecule has 1 aliphatic carbocycles. The van der Waals surface area contributed by atoms with E-state index in [9.17, 15) is 20.6 Å². The van der Waals surface area contributed by atoms with Crippen LogP contribution in [-0.4, -0.2) is 11.0 Å². The minimum absolute atomic E-state index is 0.0429. The first-order valence-electron chi connectivity index (χ1n) is 9.24. The quantitative estimate of drug-likeness (QED) is 0.252. The summed E-state index contributed by atoms with van der Waals surface area (Å²) in [6, 6.07) is 3.45. The zero-order chi connectivity index (χ0) is 17.9. The van der Waals surface area contributed by atoms with Crippen LogP contribution in [0.15, 0.2) is 11.1 Å². The van der Waals surface area contributed by atoms with E-state index in [0.717, 1.165) is 56.9 Å². The maximum absolute atomic E-state index is 11.7. The molecule has 0 radical (unpaired) electrons. The molecule has 5 heteroatoms. The van der Waals surface area contributed by atoms with Gasteiger partial charge < -0.3 is 0 Å². The Morgan fingerprint density at radius 2 is 1.50 bits per heavy atom. The molecule has 0 aliphatic heterocycles. The second-order valence-corrected chi connectivity index (χ2v) is 6.90. The van der Waals surface area contributed by atoms with Gasteiger partial charge in [0.05, 0.1) is 0 Å². The molecule has 0 aromatic rings. The van der Waals surface area contributed by atoms with Crippen molar-refractivity contribution in [1.82, 2.24) is 0 Å². The molecular weight excluding hydrogens is 302 g/mol. The third kappa shape index (κ3) is 5.64. The van der Waals surface area contributed by atoms with Gasteiger partial charge in [-0.2, -0.15) is 10.5 Å². The van der Waals surface area contributed by atoms with Crippen molar-refractivity contribution in [1.29, 1.82) is 10.5 Å². The molecule has 1 saturated carbocycles. The first-order chi connectivity index (χ1) is 11.6. The van der Waals surface area contributed by atoms with E-state index in [1.54, 1.807) is 0 Å². The summed E-state index contributed by atoms with van der Waals surface area (Å²) < 4.78 is 0. The van der Waals surface area contributed by atoms with Gasteiger partial charge in [0.1, 0.15) is 17.7 Å². The van der Waals surface area contributed by atoms with Gasteiger partial charge in [0.25, 0.3) is 0 Å². The van der Waals surface area contributed by atoms with Crippen LogP contribution >= 0.6 is 0 Å². The van der Waals surface area contributed by atoms with E-state index in [1.807, 2.05) is 12.1 Å². The second-order valence-electron chi connectivity index (χ2n) is 6.90. The molecule has 0 bridgehead atoms. The van der Waals surface area contributed by atoms with Gasteiger partial charge >= 0.3 is 0 Å². The fourth-order valence-corrected chi connectivity index (χ4v) is 3.93. The van der Waals surface area contributed by atoms with E-state index in [4.69, 9.17) is 0 Å². The van der Waals surface area contributed by atoms with Gasteiger partial charge in [-0.15, -0.1) is 0 Å². The van der Waals surface area contributed by atoms with Crippen molar-refractivity contribution < 1.29 is 4.92 Å². The average Bonchev–Trinajstić information content (AvgIpc) is 2.56. The lowest BCUT2D eigenvalue weighted by Gasteiger charge is -2.34. The Hall–Kier alpha value is -1.88. The smallest absolute Gasteiger partial charge is 0.219 e. The average molecular weight is 331 g/mol. The summed E-state index contributed by atoms with van der Waals surface area (Å²) in [6.45, 7) is 4.24. The Bertz CT molecular complexity index is 490. The largest absolute Gasteiger partial charge is 0.264 e. The van der Waals surface area contributed by atoms with Crippen molar-refractivity contribution in [3.05, 3.63) is 21.3 Å². The van der Waals surface area contributed by atoms with Crippen LogP contribution in [0.3, 0.4) is 0 Å². The standard InChI is InChI=1S/C19H29N3O2/c1-3-5-7-9-15-11-17(18(13-20)14-21)12-16(10-8-6-4-2)19(15)22(23)24/h15-16,19H,3-12H2,1-2H3. The molecule has 24 heavy (non-hydrogen) atoms. The van der Waals surface area contributed by atoms with E-state index in [0.29, 0.717) is 12.8 Å². The van der Waals surface area contributed by atoms with E-state index >= 15 is 0 Å². The molecule has 1 rings (SSSR count). The number of allylic oxidation sites excluding steroid dienone is 2.